The molecule has 0 fully saturated rings. The first-order valence-corrected chi connectivity index (χ1v) is 7.90. The number of fused-ring (bicyclic) bond motifs is 1. The number of hydrogen-bond acceptors (Lipinski definition) is 6. The van der Waals surface area contributed by atoms with Crippen LogP contribution in [0.3, 0.4) is 0 Å². The number of Topliss-reactive ketones (excluding diaryl/α,β-unsaturated/α-hetero) is 1. The normalized spacial score (nSPS) is 10.7. The zero-order valence-electron chi connectivity index (χ0n) is 14.1. The minimum absolute atomic E-state index is 0.225. The zero-order chi connectivity index (χ0) is 18.7. The van der Waals surface area contributed by atoms with Gasteiger partial charge in [0.15, 0.2) is 5.78 Å². The quantitative estimate of drug-likeness (QED) is 0.497. The Morgan fingerprint density at radius 3 is 2.62 bits per heavy atom. The molecular weight excluding hydrogens is 334 g/mol. The number of carboxylic acid groups (broad SMARTS) is 1. The smallest absolute Gasteiger partial charge is 0.325 e. The summed E-state index contributed by atoms with van der Waals surface area (Å²) < 4.78 is 1.32. The van der Waals surface area contributed by atoms with Crippen LogP contribution in [-0.4, -0.2) is 43.2 Å². The lowest BCUT2D eigenvalue weighted by Gasteiger charge is -2.05. The maximum absolute atomic E-state index is 11.9. The van der Waals surface area contributed by atoms with Crippen molar-refractivity contribution in [2.75, 3.05) is 11.9 Å². The van der Waals surface area contributed by atoms with E-state index in [1.54, 1.807) is 30.6 Å². The van der Waals surface area contributed by atoms with Crippen molar-refractivity contribution < 1.29 is 14.7 Å². The van der Waals surface area contributed by atoms with Crippen LogP contribution >= 0.6 is 0 Å². The predicted octanol–water partition coefficient (Wildman–Crippen LogP) is 2.38. The van der Waals surface area contributed by atoms with Gasteiger partial charge in [0.05, 0.1) is 5.52 Å². The monoisotopic (exact) mass is 351 g/mol. The van der Waals surface area contributed by atoms with Gasteiger partial charge in [-0.2, -0.15) is 5.10 Å². The maximum Gasteiger partial charge on any atom is 0.325 e. The van der Waals surface area contributed by atoms with Crippen molar-refractivity contribution in [2.24, 2.45) is 0 Å². The highest BCUT2D eigenvalue weighted by Crippen LogP contribution is 2.26. The van der Waals surface area contributed by atoms with Gasteiger partial charge < -0.3 is 10.4 Å². The van der Waals surface area contributed by atoms with Crippen molar-refractivity contribution in [1.29, 1.82) is 0 Å². The van der Waals surface area contributed by atoms with E-state index in [4.69, 9.17) is 5.11 Å². The number of carboxylic acids is 1. The Morgan fingerprint density at radius 2 is 2.00 bits per heavy atom. The summed E-state index contributed by atoms with van der Waals surface area (Å²) in [6.45, 7) is 5.28. The Hall–Kier alpha value is -3.55. The molecule has 0 amide bonds. The zero-order valence-corrected chi connectivity index (χ0v) is 14.1. The minimum atomic E-state index is -1.02. The fourth-order valence-corrected chi connectivity index (χ4v) is 2.60. The fraction of sp³-hybridized carbons (Fsp3) is 0.167. The van der Waals surface area contributed by atoms with Crippen LogP contribution in [-0.2, 0) is 11.3 Å². The van der Waals surface area contributed by atoms with E-state index in [0.29, 0.717) is 23.4 Å². The SMILES string of the molecule is C=CCNc1ncc(-c2ccc3c(c2)c(C(C)=O)nn3CC(=O)O)cn1. The van der Waals surface area contributed by atoms with Crippen LogP contribution in [0.25, 0.3) is 22.0 Å². The Bertz CT molecular complexity index is 992. The molecule has 0 aliphatic heterocycles. The van der Waals surface area contributed by atoms with Gasteiger partial charge in [0.25, 0.3) is 0 Å². The summed E-state index contributed by atoms with van der Waals surface area (Å²) in [6, 6.07) is 5.37. The van der Waals surface area contributed by atoms with E-state index in [1.165, 1.54) is 11.6 Å². The molecular formula is C18H17N5O3. The van der Waals surface area contributed by atoms with Gasteiger partial charge in [-0.05, 0) is 17.7 Å². The van der Waals surface area contributed by atoms with Crippen LogP contribution in [0.1, 0.15) is 17.4 Å². The van der Waals surface area contributed by atoms with Gasteiger partial charge in [-0.15, -0.1) is 6.58 Å². The maximum atomic E-state index is 11.9. The third-order valence-electron chi connectivity index (χ3n) is 3.76. The number of aromatic nitrogens is 4. The Morgan fingerprint density at radius 1 is 1.27 bits per heavy atom. The number of anilines is 1. The van der Waals surface area contributed by atoms with Gasteiger partial charge in [-0.1, -0.05) is 12.1 Å². The number of aliphatic carboxylic acids is 1. The van der Waals surface area contributed by atoms with Crippen LogP contribution in [0.2, 0.25) is 0 Å². The van der Waals surface area contributed by atoms with Crippen molar-refractivity contribution in [2.45, 2.75) is 13.5 Å². The van der Waals surface area contributed by atoms with E-state index in [0.717, 1.165) is 11.1 Å². The lowest BCUT2D eigenvalue weighted by molar-refractivity contribution is -0.137. The summed E-state index contributed by atoms with van der Waals surface area (Å²) in [6.07, 6.45) is 5.06. The summed E-state index contributed by atoms with van der Waals surface area (Å²) in [4.78, 5) is 31.4. The van der Waals surface area contributed by atoms with Gasteiger partial charge in [0.2, 0.25) is 5.95 Å². The molecule has 0 aliphatic rings. The Kier molecular flexibility index (Phi) is 4.74. The van der Waals surface area contributed by atoms with E-state index in [1.807, 2.05) is 6.07 Å². The minimum Gasteiger partial charge on any atom is -0.480 e. The van der Waals surface area contributed by atoms with Crippen molar-refractivity contribution in [3.8, 4) is 11.1 Å². The molecule has 2 aromatic heterocycles. The highest BCUT2D eigenvalue weighted by atomic mass is 16.4. The first-order chi connectivity index (χ1) is 12.5. The topological polar surface area (TPSA) is 110 Å². The second-order valence-electron chi connectivity index (χ2n) is 5.65. The number of ketones is 1. The molecule has 1 aromatic carbocycles. The van der Waals surface area contributed by atoms with Crippen molar-refractivity contribution in [3.05, 3.63) is 48.9 Å². The van der Waals surface area contributed by atoms with Gasteiger partial charge in [-0.25, -0.2) is 9.97 Å². The number of nitrogens with zero attached hydrogens (tertiary/aromatic N) is 4. The molecule has 3 rings (SSSR count). The second-order valence-corrected chi connectivity index (χ2v) is 5.65. The average Bonchev–Trinajstić information content (AvgIpc) is 2.98. The van der Waals surface area contributed by atoms with Crippen molar-refractivity contribution >= 4 is 28.6 Å². The molecule has 26 heavy (non-hydrogen) atoms. The molecule has 2 N–H and O–H groups in total. The summed E-state index contributed by atoms with van der Waals surface area (Å²) >= 11 is 0. The molecule has 8 nitrogen and oxygen atoms in total. The van der Waals surface area contributed by atoms with Crippen molar-refractivity contribution in [3.63, 3.8) is 0 Å². The summed E-state index contributed by atoms with van der Waals surface area (Å²) in [5, 5.41) is 16.8. The first kappa shape index (κ1) is 17.3. The molecule has 2 heterocycles. The number of benzene rings is 1. The number of rotatable bonds is 7. The third kappa shape index (κ3) is 3.44. The van der Waals surface area contributed by atoms with E-state index < -0.39 is 5.97 Å². The molecule has 132 valence electrons. The molecule has 8 heteroatoms. The van der Waals surface area contributed by atoms with E-state index in [-0.39, 0.29) is 18.0 Å². The molecule has 3 aromatic rings. The summed E-state index contributed by atoms with van der Waals surface area (Å²) in [7, 11) is 0. The molecule has 0 bridgehead atoms. The third-order valence-corrected chi connectivity index (χ3v) is 3.76. The number of carbonyl (C=O) groups is 2. The van der Waals surface area contributed by atoms with Crippen molar-refractivity contribution in [1.82, 2.24) is 19.7 Å². The van der Waals surface area contributed by atoms with Crippen LogP contribution in [0.5, 0.6) is 0 Å². The largest absolute Gasteiger partial charge is 0.480 e. The first-order valence-electron chi connectivity index (χ1n) is 7.90. The lowest BCUT2D eigenvalue weighted by atomic mass is 10.0. The highest BCUT2D eigenvalue weighted by Gasteiger charge is 2.16. The van der Waals surface area contributed by atoms with Gasteiger partial charge in [-0.3, -0.25) is 14.3 Å². The molecule has 0 saturated heterocycles. The summed E-state index contributed by atoms with van der Waals surface area (Å²) in [5.41, 5.74) is 2.42. The van der Waals surface area contributed by atoms with Crippen LogP contribution < -0.4 is 5.32 Å². The Labute approximate surface area is 149 Å². The average molecular weight is 351 g/mol. The van der Waals surface area contributed by atoms with Gasteiger partial charge >= 0.3 is 5.97 Å². The summed E-state index contributed by atoms with van der Waals surface area (Å²) in [5.74, 6) is -0.755. The van der Waals surface area contributed by atoms with E-state index >= 15 is 0 Å². The number of carbonyl (C=O) groups excluding carboxylic acids is 1. The molecule has 0 radical (unpaired) electrons. The molecule has 0 aliphatic carbocycles. The van der Waals surface area contributed by atoms with Gasteiger partial charge in [0, 0.05) is 36.8 Å². The van der Waals surface area contributed by atoms with Crippen LogP contribution in [0, 0.1) is 0 Å². The fourth-order valence-electron chi connectivity index (χ4n) is 2.60. The van der Waals surface area contributed by atoms with E-state index in [9.17, 15) is 9.59 Å². The predicted molar refractivity (Wildman–Crippen MR) is 97.1 cm³/mol. The molecule has 0 unspecified atom stereocenters. The van der Waals surface area contributed by atoms with Gasteiger partial charge in [0.1, 0.15) is 12.2 Å². The van der Waals surface area contributed by atoms with Crippen LogP contribution in [0.4, 0.5) is 5.95 Å². The number of nitrogens with one attached hydrogen (secondary N) is 1. The van der Waals surface area contributed by atoms with E-state index in [2.05, 4.69) is 27.0 Å². The standard InChI is InChI=1S/C18H17N5O3/c1-3-6-19-18-20-8-13(9-21-18)12-4-5-15-14(7-12)17(11(2)24)22-23(15)10-16(25)26/h3-5,7-9H,1,6,10H2,2H3,(H,25,26)(H,19,20,21). The molecule has 0 atom stereocenters. The van der Waals surface area contributed by atoms with Crippen LogP contribution in [0.15, 0.2) is 43.2 Å². The Balaban J connectivity index is 2.02. The highest BCUT2D eigenvalue weighted by molar-refractivity contribution is 6.06. The lowest BCUT2D eigenvalue weighted by Crippen LogP contribution is -2.10. The second kappa shape index (κ2) is 7.14. The number of hydrogen-bond donors (Lipinski definition) is 2. The molecule has 0 spiro atoms. The molecule has 0 saturated carbocycles.